The third-order valence-corrected chi connectivity index (χ3v) is 6.86. The van der Waals surface area contributed by atoms with Gasteiger partial charge < -0.3 is 4.57 Å². The van der Waals surface area contributed by atoms with Crippen molar-refractivity contribution in [1.29, 1.82) is 0 Å². The number of fused-ring (bicyclic) bond motifs is 1. The van der Waals surface area contributed by atoms with Gasteiger partial charge >= 0.3 is 0 Å². The minimum absolute atomic E-state index is 0.799. The lowest BCUT2D eigenvalue weighted by Gasteiger charge is -2.18. The van der Waals surface area contributed by atoms with Crippen LogP contribution in [0.5, 0.6) is 0 Å². The van der Waals surface area contributed by atoms with Gasteiger partial charge in [-0.1, -0.05) is 73.8 Å². The molecular formula is C18H15OP. The summed E-state index contributed by atoms with van der Waals surface area (Å²) in [6, 6.07) is 15.6. The first-order valence-corrected chi connectivity index (χ1v) is 8.19. The van der Waals surface area contributed by atoms with Crippen molar-refractivity contribution in [1.82, 2.24) is 0 Å². The molecule has 98 valence electrons. The summed E-state index contributed by atoms with van der Waals surface area (Å²) in [6.45, 7) is 7.67. The molecule has 1 heterocycles. The van der Waals surface area contributed by atoms with Crippen LogP contribution in [0.1, 0.15) is 11.1 Å². The molecule has 20 heavy (non-hydrogen) atoms. The molecule has 1 aliphatic rings. The van der Waals surface area contributed by atoms with Crippen molar-refractivity contribution in [2.24, 2.45) is 0 Å². The van der Waals surface area contributed by atoms with Crippen molar-refractivity contribution in [3.8, 4) is 0 Å². The summed E-state index contributed by atoms with van der Waals surface area (Å²) in [5, 5.41) is 2.53. The molecule has 0 aliphatic carbocycles. The summed E-state index contributed by atoms with van der Waals surface area (Å²) in [5.74, 6) is 0. The smallest absolute Gasteiger partial charge is 0.172 e. The predicted octanol–water partition coefficient (Wildman–Crippen LogP) is 4.18. The molecule has 0 bridgehead atoms. The fourth-order valence-corrected chi connectivity index (χ4v) is 5.71. The second-order valence-electron chi connectivity index (χ2n) is 4.70. The van der Waals surface area contributed by atoms with Crippen LogP contribution in [0.15, 0.2) is 73.1 Å². The maximum absolute atomic E-state index is 13.8. The fourth-order valence-electron chi connectivity index (χ4n) is 2.69. The molecule has 0 N–H and O–H groups in total. The van der Waals surface area contributed by atoms with Gasteiger partial charge in [0, 0.05) is 15.9 Å². The minimum atomic E-state index is -2.80. The topological polar surface area (TPSA) is 17.1 Å². The lowest BCUT2D eigenvalue weighted by molar-refractivity contribution is 0.591. The highest BCUT2D eigenvalue weighted by Gasteiger charge is 2.37. The molecule has 0 fully saturated rings. The second kappa shape index (κ2) is 4.77. The highest BCUT2D eigenvalue weighted by atomic mass is 31.2. The lowest BCUT2D eigenvalue weighted by Crippen LogP contribution is -2.17. The Kier molecular flexibility index (Phi) is 3.08. The van der Waals surface area contributed by atoms with Gasteiger partial charge in [-0.2, -0.15) is 0 Å². The van der Waals surface area contributed by atoms with E-state index in [-0.39, 0.29) is 0 Å². The van der Waals surface area contributed by atoms with Crippen molar-refractivity contribution >= 4 is 29.9 Å². The van der Waals surface area contributed by atoms with Crippen molar-refractivity contribution in [3.05, 3.63) is 84.2 Å². The van der Waals surface area contributed by atoms with Gasteiger partial charge in [-0.3, -0.25) is 0 Å². The molecule has 0 saturated carbocycles. The van der Waals surface area contributed by atoms with Crippen LogP contribution < -0.4 is 10.6 Å². The Morgan fingerprint density at radius 3 is 2.20 bits per heavy atom. The molecule has 0 saturated heterocycles. The molecule has 0 aromatic heterocycles. The summed E-state index contributed by atoms with van der Waals surface area (Å²) in [6.07, 6.45) is 5.44. The zero-order chi connectivity index (χ0) is 14.2. The predicted molar refractivity (Wildman–Crippen MR) is 88.0 cm³/mol. The van der Waals surface area contributed by atoms with E-state index < -0.39 is 7.14 Å². The van der Waals surface area contributed by atoms with E-state index in [1.807, 2.05) is 54.6 Å². The van der Waals surface area contributed by atoms with E-state index in [2.05, 4.69) is 13.2 Å². The molecule has 2 heteroatoms. The van der Waals surface area contributed by atoms with E-state index in [4.69, 9.17) is 0 Å². The largest absolute Gasteiger partial charge is 0.309 e. The summed E-state index contributed by atoms with van der Waals surface area (Å²) in [7, 11) is -2.80. The van der Waals surface area contributed by atoms with Crippen LogP contribution in [0.3, 0.4) is 0 Å². The van der Waals surface area contributed by atoms with Crippen LogP contribution in [-0.2, 0) is 4.57 Å². The Morgan fingerprint density at radius 1 is 0.850 bits per heavy atom. The van der Waals surface area contributed by atoms with Crippen LogP contribution in [0.25, 0.3) is 12.2 Å². The van der Waals surface area contributed by atoms with Crippen molar-refractivity contribution in [3.63, 3.8) is 0 Å². The Labute approximate surface area is 119 Å². The normalized spacial score (nSPS) is 20.1. The van der Waals surface area contributed by atoms with Crippen LogP contribution in [0.2, 0.25) is 0 Å². The quantitative estimate of drug-likeness (QED) is 0.770. The molecule has 1 nitrogen and oxygen atoms in total. The van der Waals surface area contributed by atoms with E-state index >= 15 is 0 Å². The molecule has 0 radical (unpaired) electrons. The summed E-state index contributed by atoms with van der Waals surface area (Å²) in [4.78, 5) is 0. The molecule has 2 aromatic rings. The van der Waals surface area contributed by atoms with E-state index in [0.29, 0.717) is 0 Å². The lowest BCUT2D eigenvalue weighted by atomic mass is 10.2. The maximum atomic E-state index is 13.8. The maximum Gasteiger partial charge on any atom is 0.172 e. The fraction of sp³-hybridized carbons (Fsp3) is 0. The summed E-state index contributed by atoms with van der Waals surface area (Å²) >= 11 is 0. The SMILES string of the molecule is C=CC1=Cc2ccccc2P1(=O)c1ccccc1C=C. The van der Waals surface area contributed by atoms with E-state index in [9.17, 15) is 4.57 Å². The minimum Gasteiger partial charge on any atom is -0.309 e. The molecule has 2 aromatic carbocycles. The summed E-state index contributed by atoms with van der Waals surface area (Å²) in [5.41, 5.74) is 1.94. The zero-order valence-electron chi connectivity index (χ0n) is 11.1. The highest BCUT2D eigenvalue weighted by molar-refractivity contribution is 7.83. The highest BCUT2D eigenvalue weighted by Crippen LogP contribution is 2.57. The number of hydrogen-bond donors (Lipinski definition) is 0. The average molecular weight is 278 g/mol. The van der Waals surface area contributed by atoms with Crippen LogP contribution in [0.4, 0.5) is 0 Å². The number of rotatable bonds is 3. The Balaban J connectivity index is 2.36. The van der Waals surface area contributed by atoms with Crippen molar-refractivity contribution in [2.75, 3.05) is 0 Å². The monoisotopic (exact) mass is 278 g/mol. The van der Waals surface area contributed by atoms with Gasteiger partial charge in [0.2, 0.25) is 0 Å². The van der Waals surface area contributed by atoms with Crippen LogP contribution in [-0.4, -0.2) is 0 Å². The zero-order valence-corrected chi connectivity index (χ0v) is 12.0. The van der Waals surface area contributed by atoms with Crippen molar-refractivity contribution < 1.29 is 4.57 Å². The van der Waals surface area contributed by atoms with E-state index in [1.54, 1.807) is 12.2 Å². The third-order valence-electron chi connectivity index (χ3n) is 3.65. The van der Waals surface area contributed by atoms with Gasteiger partial charge in [-0.25, -0.2) is 0 Å². The molecular weight excluding hydrogens is 263 g/mol. The third kappa shape index (κ3) is 1.67. The Morgan fingerprint density at radius 2 is 1.50 bits per heavy atom. The summed E-state index contributed by atoms with van der Waals surface area (Å²) < 4.78 is 13.8. The van der Waals surface area contributed by atoms with E-state index in [0.717, 1.165) is 27.1 Å². The molecule has 0 amide bonds. The first-order chi connectivity index (χ1) is 9.71. The molecule has 1 atom stereocenters. The van der Waals surface area contributed by atoms with E-state index in [1.165, 1.54) is 0 Å². The van der Waals surface area contributed by atoms with Crippen LogP contribution >= 0.6 is 7.14 Å². The Hall–Kier alpha value is -2.11. The number of hydrogen-bond acceptors (Lipinski definition) is 1. The van der Waals surface area contributed by atoms with Crippen LogP contribution in [0, 0.1) is 0 Å². The standard InChI is InChI=1S/C18H15OP/c1-3-14-9-5-7-11-17(14)20(19)16(4-2)13-15-10-6-8-12-18(15)20/h3-13H,1-2H2. The average Bonchev–Trinajstić information content (AvgIpc) is 2.81. The van der Waals surface area contributed by atoms with Gasteiger partial charge in [0.1, 0.15) is 0 Å². The van der Waals surface area contributed by atoms with Gasteiger partial charge in [-0.15, -0.1) is 0 Å². The number of benzene rings is 2. The van der Waals surface area contributed by atoms with Gasteiger partial charge in [-0.05, 0) is 17.2 Å². The van der Waals surface area contributed by atoms with Gasteiger partial charge in [0.05, 0.1) is 0 Å². The second-order valence-corrected chi connectivity index (χ2v) is 7.40. The van der Waals surface area contributed by atoms with Crippen molar-refractivity contribution in [2.45, 2.75) is 0 Å². The number of allylic oxidation sites excluding steroid dienone is 2. The molecule has 1 aliphatic heterocycles. The first-order valence-electron chi connectivity index (χ1n) is 6.48. The first kappa shape index (κ1) is 12.9. The molecule has 3 rings (SSSR count). The Bertz CT molecular complexity index is 784. The molecule has 1 unspecified atom stereocenters. The molecule has 0 spiro atoms. The van der Waals surface area contributed by atoms with Gasteiger partial charge in [0.25, 0.3) is 0 Å². The van der Waals surface area contributed by atoms with Gasteiger partial charge in [0.15, 0.2) is 7.14 Å².